The van der Waals surface area contributed by atoms with E-state index in [1.54, 1.807) is 11.3 Å². The van der Waals surface area contributed by atoms with E-state index in [9.17, 15) is 9.59 Å². The lowest BCUT2D eigenvalue weighted by Crippen LogP contribution is -2.46. The number of carbonyl (C=O) groups is 2. The second kappa shape index (κ2) is 9.36. The molecule has 4 heterocycles. The third kappa shape index (κ3) is 4.18. The number of aryl methyl sites for hydroxylation is 4. The van der Waals surface area contributed by atoms with E-state index in [1.165, 1.54) is 28.9 Å². The first-order chi connectivity index (χ1) is 17.8. The molecule has 4 aromatic rings. The fourth-order valence-electron chi connectivity index (χ4n) is 6.15. The number of hydrogen-bond acceptors (Lipinski definition) is 6. The lowest BCUT2D eigenvalue weighted by atomic mass is 9.94. The third-order valence-electron chi connectivity index (χ3n) is 8.13. The zero-order chi connectivity index (χ0) is 25.8. The van der Waals surface area contributed by atoms with Gasteiger partial charge in [-0.2, -0.15) is 0 Å². The van der Waals surface area contributed by atoms with Crippen molar-refractivity contribution >= 4 is 39.4 Å². The van der Waals surface area contributed by atoms with Gasteiger partial charge in [-0.3, -0.25) is 14.0 Å². The van der Waals surface area contributed by atoms with Crippen molar-refractivity contribution in [3.63, 3.8) is 0 Å². The first-order valence-corrected chi connectivity index (χ1v) is 14.6. The molecule has 192 valence electrons. The molecular weight excluding hydrogens is 502 g/mol. The average Bonchev–Trinajstić information content (AvgIpc) is 3.66. The van der Waals surface area contributed by atoms with E-state index in [4.69, 9.17) is 4.98 Å². The van der Waals surface area contributed by atoms with Crippen molar-refractivity contribution < 1.29 is 9.59 Å². The topological polar surface area (TPSA) is 79.6 Å². The number of imidazole rings is 1. The molecule has 1 aliphatic carbocycles. The molecule has 1 aromatic carbocycles. The smallest absolute Gasteiger partial charge is 0.274 e. The van der Waals surface area contributed by atoms with Gasteiger partial charge >= 0.3 is 0 Å². The number of aromatic nitrogens is 3. The molecule has 3 aromatic heterocycles. The van der Waals surface area contributed by atoms with Crippen molar-refractivity contribution in [2.45, 2.75) is 53.0 Å². The fourth-order valence-corrected chi connectivity index (χ4v) is 7.81. The van der Waals surface area contributed by atoms with Crippen LogP contribution in [0.1, 0.15) is 62.1 Å². The summed E-state index contributed by atoms with van der Waals surface area (Å²) in [6.07, 6.45) is 5.29. The molecule has 6 rings (SSSR count). The molecule has 1 saturated carbocycles. The van der Waals surface area contributed by atoms with Gasteiger partial charge in [-0.15, -0.1) is 22.7 Å². The second-order valence-corrected chi connectivity index (χ2v) is 12.5. The Balaban J connectivity index is 1.28. The van der Waals surface area contributed by atoms with E-state index in [-0.39, 0.29) is 17.9 Å². The standard InChI is InChI=1S/C28H31N5O2S2/c1-15-8-9-19(12-16(15)2)25-23(31-18(4)37-25)27(35)33-14-20-6-5-7-21(20)22(33)13-29-26(34)24-17(3)30-28-32(24)10-11-36-28/h8-12,20-22H,5-7,13-14H2,1-4H3,(H,29,34)/t20-,21-,22+/m0/s1. The summed E-state index contributed by atoms with van der Waals surface area (Å²) in [6, 6.07) is 6.30. The predicted octanol–water partition coefficient (Wildman–Crippen LogP) is 5.42. The molecule has 0 unspecified atom stereocenters. The van der Waals surface area contributed by atoms with Gasteiger partial charge in [0, 0.05) is 24.7 Å². The van der Waals surface area contributed by atoms with Gasteiger partial charge in [0.25, 0.3) is 11.8 Å². The molecule has 2 amide bonds. The Morgan fingerprint density at radius 1 is 1.11 bits per heavy atom. The monoisotopic (exact) mass is 533 g/mol. The SMILES string of the molecule is Cc1nc(C(=O)N2C[C@@H]3CCC[C@@H]3[C@H]2CNC(=O)c2c(C)nc3sccn23)c(-c2ccc(C)c(C)c2)s1. The molecule has 0 spiro atoms. The maximum Gasteiger partial charge on any atom is 0.274 e. The number of carbonyl (C=O) groups excluding carboxylic acids is 2. The molecule has 0 bridgehead atoms. The van der Waals surface area contributed by atoms with E-state index in [0.717, 1.165) is 45.5 Å². The minimum absolute atomic E-state index is 0.0213. The maximum absolute atomic E-state index is 14.1. The van der Waals surface area contributed by atoms with E-state index in [2.05, 4.69) is 42.3 Å². The number of hydrogen-bond donors (Lipinski definition) is 1. The Bertz CT molecular complexity index is 1520. The van der Waals surface area contributed by atoms with Crippen LogP contribution in [0.5, 0.6) is 0 Å². The molecular formula is C28H31N5O2S2. The first kappa shape index (κ1) is 24.3. The van der Waals surface area contributed by atoms with E-state index >= 15 is 0 Å². The Morgan fingerprint density at radius 3 is 2.76 bits per heavy atom. The molecule has 2 aliphatic rings. The average molecular weight is 534 g/mol. The van der Waals surface area contributed by atoms with Crippen LogP contribution in [0.3, 0.4) is 0 Å². The van der Waals surface area contributed by atoms with E-state index < -0.39 is 0 Å². The summed E-state index contributed by atoms with van der Waals surface area (Å²) < 4.78 is 1.85. The number of fused-ring (bicyclic) bond motifs is 2. The van der Waals surface area contributed by atoms with E-state index in [0.29, 0.717) is 29.8 Å². The van der Waals surface area contributed by atoms with Crippen molar-refractivity contribution in [1.29, 1.82) is 0 Å². The van der Waals surface area contributed by atoms with Crippen LogP contribution < -0.4 is 5.32 Å². The van der Waals surface area contributed by atoms with Crippen LogP contribution in [0.4, 0.5) is 0 Å². The number of thiazole rings is 2. The molecule has 37 heavy (non-hydrogen) atoms. The largest absolute Gasteiger partial charge is 0.349 e. The predicted molar refractivity (Wildman–Crippen MR) is 148 cm³/mol. The number of rotatable bonds is 5. The molecule has 3 atom stereocenters. The second-order valence-electron chi connectivity index (χ2n) is 10.4. The first-order valence-electron chi connectivity index (χ1n) is 12.9. The molecule has 0 radical (unpaired) electrons. The Hall–Kier alpha value is -3.04. The summed E-state index contributed by atoms with van der Waals surface area (Å²) in [6.45, 7) is 9.19. The quantitative estimate of drug-likeness (QED) is 0.371. The van der Waals surface area contributed by atoms with Crippen LogP contribution in [0, 0.1) is 39.5 Å². The highest BCUT2D eigenvalue weighted by Gasteiger charge is 2.47. The van der Waals surface area contributed by atoms with Crippen LogP contribution in [0.2, 0.25) is 0 Å². The highest BCUT2D eigenvalue weighted by atomic mass is 32.1. The highest BCUT2D eigenvalue weighted by molar-refractivity contribution is 7.15. The van der Waals surface area contributed by atoms with Crippen molar-refractivity contribution in [2.24, 2.45) is 11.8 Å². The van der Waals surface area contributed by atoms with E-state index in [1.807, 2.05) is 34.7 Å². The zero-order valence-electron chi connectivity index (χ0n) is 21.6. The molecule has 7 nitrogen and oxygen atoms in total. The van der Waals surface area contributed by atoms with Gasteiger partial charge in [-0.25, -0.2) is 9.97 Å². The van der Waals surface area contributed by atoms with Gasteiger partial charge in [0.2, 0.25) is 0 Å². The van der Waals surface area contributed by atoms with Gasteiger partial charge in [0.15, 0.2) is 4.96 Å². The lowest BCUT2D eigenvalue weighted by molar-refractivity contribution is 0.0696. The van der Waals surface area contributed by atoms with Crippen molar-refractivity contribution in [2.75, 3.05) is 13.1 Å². The molecule has 1 saturated heterocycles. The fraction of sp³-hybridized carbons (Fsp3) is 0.429. The summed E-state index contributed by atoms with van der Waals surface area (Å²) in [4.78, 5) is 40.3. The van der Waals surface area contributed by atoms with Gasteiger partial charge in [-0.1, -0.05) is 24.6 Å². The molecule has 1 N–H and O–H groups in total. The number of nitrogens with one attached hydrogen (secondary N) is 1. The number of nitrogens with zero attached hydrogens (tertiary/aromatic N) is 4. The molecule has 2 fully saturated rings. The summed E-state index contributed by atoms with van der Waals surface area (Å²) in [5.41, 5.74) is 5.30. The number of amides is 2. The van der Waals surface area contributed by atoms with Gasteiger partial charge in [-0.05, 0) is 69.1 Å². The summed E-state index contributed by atoms with van der Waals surface area (Å²) in [7, 11) is 0. The zero-order valence-corrected chi connectivity index (χ0v) is 23.2. The maximum atomic E-state index is 14.1. The van der Waals surface area contributed by atoms with Crippen LogP contribution in [0.15, 0.2) is 29.8 Å². The van der Waals surface area contributed by atoms with Crippen LogP contribution >= 0.6 is 22.7 Å². The minimum atomic E-state index is -0.141. The normalized spacial score (nSPS) is 21.1. The Kier molecular flexibility index (Phi) is 6.15. The van der Waals surface area contributed by atoms with Crippen molar-refractivity contribution in [3.8, 4) is 10.4 Å². The van der Waals surface area contributed by atoms with Gasteiger partial charge in [0.05, 0.1) is 21.6 Å². The van der Waals surface area contributed by atoms with Gasteiger partial charge in [0.1, 0.15) is 11.4 Å². The van der Waals surface area contributed by atoms with Crippen LogP contribution in [0.25, 0.3) is 15.4 Å². The van der Waals surface area contributed by atoms with Gasteiger partial charge < -0.3 is 10.2 Å². The summed E-state index contributed by atoms with van der Waals surface area (Å²) >= 11 is 3.09. The lowest BCUT2D eigenvalue weighted by Gasteiger charge is -2.28. The molecule has 1 aliphatic heterocycles. The Morgan fingerprint density at radius 2 is 1.95 bits per heavy atom. The Labute approximate surface area is 224 Å². The summed E-state index contributed by atoms with van der Waals surface area (Å²) in [5.74, 6) is 0.724. The third-order valence-corrected chi connectivity index (χ3v) is 9.91. The number of benzene rings is 1. The van der Waals surface area contributed by atoms with Crippen LogP contribution in [-0.2, 0) is 0 Å². The highest BCUT2D eigenvalue weighted by Crippen LogP contribution is 2.43. The summed E-state index contributed by atoms with van der Waals surface area (Å²) in [5, 5.41) is 5.98. The van der Waals surface area contributed by atoms with Crippen LogP contribution in [-0.4, -0.2) is 50.2 Å². The molecule has 9 heteroatoms. The minimum Gasteiger partial charge on any atom is -0.349 e. The number of likely N-dealkylation sites (tertiary alicyclic amines) is 1. The van der Waals surface area contributed by atoms with Crippen molar-refractivity contribution in [3.05, 3.63) is 63.0 Å². The van der Waals surface area contributed by atoms with Crippen molar-refractivity contribution in [1.82, 2.24) is 24.6 Å².